The molecule has 3 saturated carbocycles. The third-order valence-electron chi connectivity index (χ3n) is 10.3. The molecule has 166 valence electrons. The van der Waals surface area contributed by atoms with Gasteiger partial charge in [0, 0.05) is 5.41 Å². The fourth-order valence-electron chi connectivity index (χ4n) is 8.76. The van der Waals surface area contributed by atoms with Crippen molar-refractivity contribution in [3.8, 4) is 0 Å². The SMILES string of the molecule is CC(C)CCC[C@@H](C)[C@H]1CC[C@H]2[C@@H]3CC=C4C[C@@H](O)CC[C@]4(CO)[C@H]3CC[C@]12C. The highest BCUT2D eigenvalue weighted by atomic mass is 16.3. The number of rotatable bonds is 6. The summed E-state index contributed by atoms with van der Waals surface area (Å²) in [6, 6.07) is 0. The van der Waals surface area contributed by atoms with Crippen LogP contribution < -0.4 is 0 Å². The van der Waals surface area contributed by atoms with Crippen LogP contribution >= 0.6 is 0 Å². The predicted octanol–water partition coefficient (Wildman–Crippen LogP) is 6.36. The zero-order valence-electron chi connectivity index (χ0n) is 19.5. The van der Waals surface area contributed by atoms with E-state index in [0.29, 0.717) is 17.9 Å². The van der Waals surface area contributed by atoms with Crippen molar-refractivity contribution in [2.45, 2.75) is 104 Å². The minimum Gasteiger partial charge on any atom is -0.395 e. The van der Waals surface area contributed by atoms with Gasteiger partial charge in [-0.1, -0.05) is 58.6 Å². The highest BCUT2D eigenvalue weighted by molar-refractivity contribution is 5.26. The maximum absolute atomic E-state index is 10.6. The molecule has 0 aromatic rings. The summed E-state index contributed by atoms with van der Waals surface area (Å²) in [6.07, 6.45) is 15.8. The second kappa shape index (κ2) is 8.30. The van der Waals surface area contributed by atoms with Gasteiger partial charge in [-0.05, 0) is 92.3 Å². The zero-order valence-corrected chi connectivity index (χ0v) is 19.5. The second-order valence-electron chi connectivity index (χ2n) is 12.1. The van der Waals surface area contributed by atoms with E-state index in [-0.39, 0.29) is 11.5 Å². The molecule has 2 nitrogen and oxygen atoms in total. The van der Waals surface area contributed by atoms with Crippen LogP contribution in [0.1, 0.15) is 98.3 Å². The Labute approximate surface area is 179 Å². The van der Waals surface area contributed by atoms with Crippen LogP contribution in [0.5, 0.6) is 0 Å². The first-order chi connectivity index (χ1) is 13.8. The van der Waals surface area contributed by atoms with Crippen LogP contribution in [0.4, 0.5) is 0 Å². The van der Waals surface area contributed by atoms with E-state index < -0.39 is 0 Å². The summed E-state index contributed by atoms with van der Waals surface area (Å²) in [5.41, 5.74) is 1.90. The summed E-state index contributed by atoms with van der Waals surface area (Å²) in [5, 5.41) is 20.8. The van der Waals surface area contributed by atoms with Crippen LogP contribution in [0.3, 0.4) is 0 Å². The van der Waals surface area contributed by atoms with E-state index in [2.05, 4.69) is 33.8 Å². The molecule has 0 saturated heterocycles. The number of fused-ring (bicyclic) bond motifs is 5. The Morgan fingerprint density at radius 1 is 1.03 bits per heavy atom. The second-order valence-corrected chi connectivity index (χ2v) is 12.1. The number of allylic oxidation sites excluding steroid dienone is 1. The van der Waals surface area contributed by atoms with Crippen molar-refractivity contribution in [3.63, 3.8) is 0 Å². The molecule has 0 aliphatic heterocycles. The van der Waals surface area contributed by atoms with Gasteiger partial charge in [-0.15, -0.1) is 0 Å². The molecule has 29 heavy (non-hydrogen) atoms. The molecule has 3 fully saturated rings. The normalized spacial score (nSPS) is 45.3. The molecule has 0 unspecified atom stereocenters. The lowest BCUT2D eigenvalue weighted by Gasteiger charge is -2.59. The van der Waals surface area contributed by atoms with Gasteiger partial charge in [-0.3, -0.25) is 0 Å². The standard InChI is InChI=1S/C27H46O2/c1-18(2)6-5-7-19(3)23-10-11-24-22-9-8-20-16-21(29)12-15-27(20,17-28)25(22)13-14-26(23,24)4/h8,18-19,21-25,28-29H,5-7,9-17H2,1-4H3/t19-,21+,22+,23-,24+,25+,26-,27-/m1/s1. The maximum Gasteiger partial charge on any atom is 0.0577 e. The zero-order chi connectivity index (χ0) is 20.8. The van der Waals surface area contributed by atoms with E-state index >= 15 is 0 Å². The summed E-state index contributed by atoms with van der Waals surface area (Å²) < 4.78 is 0. The molecule has 0 bridgehead atoms. The van der Waals surface area contributed by atoms with E-state index in [4.69, 9.17) is 0 Å². The highest BCUT2D eigenvalue weighted by Gasteiger charge is 2.60. The summed E-state index contributed by atoms with van der Waals surface area (Å²) in [5.74, 6) is 4.82. The largest absolute Gasteiger partial charge is 0.395 e. The van der Waals surface area contributed by atoms with Crippen LogP contribution in [0.25, 0.3) is 0 Å². The highest BCUT2D eigenvalue weighted by Crippen LogP contribution is 2.67. The van der Waals surface area contributed by atoms with Gasteiger partial charge in [-0.2, -0.15) is 0 Å². The van der Waals surface area contributed by atoms with Gasteiger partial charge >= 0.3 is 0 Å². The Morgan fingerprint density at radius 3 is 2.55 bits per heavy atom. The van der Waals surface area contributed by atoms with Crippen LogP contribution in [-0.4, -0.2) is 22.9 Å². The van der Waals surface area contributed by atoms with Crippen LogP contribution in [0.15, 0.2) is 11.6 Å². The number of aliphatic hydroxyl groups excluding tert-OH is 2. The number of hydrogen-bond acceptors (Lipinski definition) is 2. The quantitative estimate of drug-likeness (QED) is 0.507. The van der Waals surface area contributed by atoms with E-state index in [1.54, 1.807) is 0 Å². The lowest BCUT2D eigenvalue weighted by atomic mass is 9.46. The minimum atomic E-state index is -0.186. The molecule has 0 radical (unpaired) electrons. The lowest BCUT2D eigenvalue weighted by molar-refractivity contribution is -0.0795. The topological polar surface area (TPSA) is 40.5 Å². The van der Waals surface area contributed by atoms with Gasteiger partial charge < -0.3 is 10.2 Å². The minimum absolute atomic E-state index is 0.00948. The van der Waals surface area contributed by atoms with Crippen LogP contribution in [0.2, 0.25) is 0 Å². The molecule has 2 N–H and O–H groups in total. The van der Waals surface area contributed by atoms with Crippen molar-refractivity contribution in [1.29, 1.82) is 0 Å². The van der Waals surface area contributed by atoms with E-state index in [9.17, 15) is 10.2 Å². The van der Waals surface area contributed by atoms with Gasteiger partial charge in [0.15, 0.2) is 0 Å². The predicted molar refractivity (Wildman–Crippen MR) is 120 cm³/mol. The Bertz CT molecular complexity index is 610. The van der Waals surface area contributed by atoms with Gasteiger partial charge in [0.05, 0.1) is 12.7 Å². The first-order valence-corrected chi connectivity index (χ1v) is 12.8. The molecule has 8 atom stereocenters. The summed E-state index contributed by atoms with van der Waals surface area (Å²) in [6.45, 7) is 10.2. The molecule has 4 rings (SSSR count). The fraction of sp³-hybridized carbons (Fsp3) is 0.926. The van der Waals surface area contributed by atoms with Crippen molar-refractivity contribution < 1.29 is 10.2 Å². The van der Waals surface area contributed by atoms with Crippen LogP contribution in [-0.2, 0) is 0 Å². The first-order valence-electron chi connectivity index (χ1n) is 12.8. The van der Waals surface area contributed by atoms with Gasteiger partial charge in [0.25, 0.3) is 0 Å². The van der Waals surface area contributed by atoms with Crippen molar-refractivity contribution in [2.75, 3.05) is 6.61 Å². The summed E-state index contributed by atoms with van der Waals surface area (Å²) in [4.78, 5) is 0. The van der Waals surface area contributed by atoms with Crippen molar-refractivity contribution >= 4 is 0 Å². The molecule has 0 amide bonds. The molecule has 4 aliphatic carbocycles. The molecule has 4 aliphatic rings. The van der Waals surface area contributed by atoms with Gasteiger partial charge in [0.1, 0.15) is 0 Å². The summed E-state index contributed by atoms with van der Waals surface area (Å²) >= 11 is 0. The number of hydrogen-bond donors (Lipinski definition) is 2. The lowest BCUT2D eigenvalue weighted by Crippen LogP contribution is -2.53. The third kappa shape index (κ3) is 3.65. The molecular weight excluding hydrogens is 356 g/mol. The maximum atomic E-state index is 10.6. The number of aliphatic hydroxyl groups is 2. The monoisotopic (exact) mass is 402 g/mol. The first kappa shape index (κ1) is 21.9. The van der Waals surface area contributed by atoms with E-state index in [0.717, 1.165) is 48.9 Å². The Balaban J connectivity index is 1.51. The molecule has 0 heterocycles. The Hall–Kier alpha value is -0.340. The van der Waals surface area contributed by atoms with Crippen molar-refractivity contribution in [3.05, 3.63) is 11.6 Å². The third-order valence-corrected chi connectivity index (χ3v) is 10.3. The Morgan fingerprint density at radius 2 is 1.83 bits per heavy atom. The van der Waals surface area contributed by atoms with Gasteiger partial charge in [-0.25, -0.2) is 0 Å². The fourth-order valence-corrected chi connectivity index (χ4v) is 8.76. The van der Waals surface area contributed by atoms with Crippen molar-refractivity contribution in [1.82, 2.24) is 0 Å². The van der Waals surface area contributed by atoms with E-state index in [1.165, 1.54) is 56.9 Å². The van der Waals surface area contributed by atoms with Crippen LogP contribution in [0, 0.1) is 46.3 Å². The summed E-state index contributed by atoms with van der Waals surface area (Å²) in [7, 11) is 0. The smallest absolute Gasteiger partial charge is 0.0577 e. The molecular formula is C27H46O2. The average molecular weight is 403 g/mol. The molecule has 0 aromatic heterocycles. The molecule has 0 spiro atoms. The average Bonchev–Trinajstić information content (AvgIpc) is 3.04. The van der Waals surface area contributed by atoms with Gasteiger partial charge in [0.2, 0.25) is 0 Å². The van der Waals surface area contributed by atoms with Crippen molar-refractivity contribution in [2.24, 2.45) is 46.3 Å². The van der Waals surface area contributed by atoms with E-state index in [1.807, 2.05) is 0 Å². The Kier molecular flexibility index (Phi) is 6.26. The molecule has 2 heteroatoms. The molecule has 0 aromatic carbocycles.